The second-order valence-electron chi connectivity index (χ2n) is 3.26. The van der Waals surface area contributed by atoms with Gasteiger partial charge >= 0.3 is 0 Å². The van der Waals surface area contributed by atoms with E-state index in [1.54, 1.807) is 12.1 Å². The van der Waals surface area contributed by atoms with Crippen LogP contribution in [0.15, 0.2) is 29.4 Å². The predicted molar refractivity (Wildman–Crippen MR) is 54.7 cm³/mol. The number of nitrogens with zero attached hydrogens (tertiary/aromatic N) is 3. The first-order chi connectivity index (χ1) is 7.72. The van der Waals surface area contributed by atoms with Gasteiger partial charge in [-0.3, -0.25) is 10.1 Å². The van der Waals surface area contributed by atoms with E-state index in [9.17, 15) is 10.1 Å². The zero-order valence-corrected chi connectivity index (χ0v) is 8.16. The third-order valence-electron chi connectivity index (χ3n) is 2.26. The van der Waals surface area contributed by atoms with Crippen LogP contribution in [0, 0.1) is 27.4 Å². The Bertz CT molecular complexity index is 487. The number of nitro groups is 1. The maximum absolute atomic E-state index is 10.5. The van der Waals surface area contributed by atoms with Crippen molar-refractivity contribution in [3.8, 4) is 6.07 Å². The summed E-state index contributed by atoms with van der Waals surface area (Å²) < 4.78 is 0. The van der Waals surface area contributed by atoms with E-state index in [0.29, 0.717) is 11.3 Å². The fourth-order valence-corrected chi connectivity index (χ4v) is 1.43. The summed E-state index contributed by atoms with van der Waals surface area (Å²) in [5.74, 6) is -0.401. The first-order valence-corrected chi connectivity index (χ1v) is 4.56. The fourth-order valence-electron chi connectivity index (χ4n) is 1.43. The third kappa shape index (κ3) is 1.70. The van der Waals surface area contributed by atoms with Crippen molar-refractivity contribution in [2.24, 2.45) is 11.1 Å². The van der Waals surface area contributed by atoms with E-state index in [0.717, 1.165) is 0 Å². The molecule has 0 bridgehead atoms. The van der Waals surface area contributed by atoms with Crippen LogP contribution in [0.1, 0.15) is 5.56 Å². The van der Waals surface area contributed by atoms with Gasteiger partial charge in [0, 0.05) is 17.7 Å². The van der Waals surface area contributed by atoms with Crippen molar-refractivity contribution in [3.63, 3.8) is 0 Å². The zero-order chi connectivity index (χ0) is 11.5. The van der Waals surface area contributed by atoms with Crippen molar-refractivity contribution in [1.82, 2.24) is 0 Å². The van der Waals surface area contributed by atoms with E-state index in [2.05, 4.69) is 11.2 Å². The number of hydrogen-bond donors (Lipinski definition) is 0. The number of benzene rings is 1. The van der Waals surface area contributed by atoms with Crippen molar-refractivity contribution >= 4 is 11.4 Å². The molecule has 1 unspecified atom stereocenters. The molecule has 0 saturated heterocycles. The standard InChI is InChI=1S/C10H7N3O3/c11-5-8-6-16-12-10(8)7-1-3-9(4-2-7)13(14)15/h1-4,8H,6H2. The molecule has 6 nitrogen and oxygen atoms in total. The van der Waals surface area contributed by atoms with Gasteiger partial charge in [0.1, 0.15) is 18.2 Å². The van der Waals surface area contributed by atoms with Crippen LogP contribution in [0.5, 0.6) is 0 Å². The third-order valence-corrected chi connectivity index (χ3v) is 2.26. The second-order valence-corrected chi connectivity index (χ2v) is 3.26. The van der Waals surface area contributed by atoms with Gasteiger partial charge in [0.2, 0.25) is 0 Å². The van der Waals surface area contributed by atoms with Crippen LogP contribution in [-0.4, -0.2) is 17.2 Å². The Morgan fingerprint density at radius 3 is 2.75 bits per heavy atom. The van der Waals surface area contributed by atoms with E-state index < -0.39 is 10.8 Å². The summed E-state index contributed by atoms with van der Waals surface area (Å²) in [5, 5.41) is 23.0. The van der Waals surface area contributed by atoms with Crippen molar-refractivity contribution in [1.29, 1.82) is 5.26 Å². The highest BCUT2D eigenvalue weighted by Gasteiger charge is 2.24. The molecular weight excluding hydrogens is 210 g/mol. The maximum atomic E-state index is 10.5. The summed E-state index contributed by atoms with van der Waals surface area (Å²) >= 11 is 0. The van der Waals surface area contributed by atoms with Gasteiger partial charge in [-0.25, -0.2) is 0 Å². The van der Waals surface area contributed by atoms with Crippen molar-refractivity contribution < 1.29 is 9.76 Å². The van der Waals surface area contributed by atoms with Gasteiger partial charge < -0.3 is 4.84 Å². The largest absolute Gasteiger partial charge is 0.394 e. The zero-order valence-electron chi connectivity index (χ0n) is 8.16. The average Bonchev–Trinajstić information content (AvgIpc) is 2.77. The molecule has 6 heteroatoms. The molecule has 80 valence electrons. The van der Waals surface area contributed by atoms with E-state index in [1.807, 2.05) is 0 Å². The number of nitriles is 1. The van der Waals surface area contributed by atoms with Crippen LogP contribution in [0.3, 0.4) is 0 Å². The van der Waals surface area contributed by atoms with Crippen LogP contribution in [-0.2, 0) is 4.84 Å². The molecule has 1 heterocycles. The summed E-state index contributed by atoms with van der Waals surface area (Å²) in [5.41, 5.74) is 1.21. The number of nitro benzene ring substituents is 1. The molecule has 16 heavy (non-hydrogen) atoms. The Morgan fingerprint density at radius 1 is 1.50 bits per heavy atom. The Morgan fingerprint density at radius 2 is 2.19 bits per heavy atom. The van der Waals surface area contributed by atoms with Crippen molar-refractivity contribution in [3.05, 3.63) is 39.9 Å². The highest BCUT2D eigenvalue weighted by molar-refractivity contribution is 6.04. The molecule has 0 aromatic heterocycles. The van der Waals surface area contributed by atoms with E-state index in [4.69, 9.17) is 10.1 Å². The molecule has 1 aromatic rings. The van der Waals surface area contributed by atoms with Gasteiger partial charge in [0.25, 0.3) is 5.69 Å². The van der Waals surface area contributed by atoms with Gasteiger partial charge in [-0.05, 0) is 12.1 Å². The summed E-state index contributed by atoms with van der Waals surface area (Å²) in [4.78, 5) is 14.8. The molecule has 1 atom stereocenters. The quantitative estimate of drug-likeness (QED) is 0.554. The van der Waals surface area contributed by atoms with Gasteiger partial charge in [-0.15, -0.1) is 0 Å². The molecule has 0 fully saturated rings. The number of oxime groups is 1. The predicted octanol–water partition coefficient (Wildman–Crippen LogP) is 1.47. The monoisotopic (exact) mass is 217 g/mol. The molecule has 1 aliphatic rings. The summed E-state index contributed by atoms with van der Waals surface area (Å²) in [6, 6.07) is 7.95. The topological polar surface area (TPSA) is 88.5 Å². The lowest BCUT2D eigenvalue weighted by Crippen LogP contribution is -2.11. The van der Waals surface area contributed by atoms with Crippen LogP contribution < -0.4 is 0 Å². The molecule has 0 radical (unpaired) electrons. The molecule has 2 rings (SSSR count). The molecular formula is C10H7N3O3. The van der Waals surface area contributed by atoms with E-state index in [-0.39, 0.29) is 12.3 Å². The minimum absolute atomic E-state index is 0.0109. The van der Waals surface area contributed by atoms with Crippen LogP contribution in [0.2, 0.25) is 0 Å². The lowest BCUT2D eigenvalue weighted by atomic mass is 9.99. The summed E-state index contributed by atoms with van der Waals surface area (Å²) in [6.07, 6.45) is 0. The van der Waals surface area contributed by atoms with Crippen LogP contribution in [0.25, 0.3) is 0 Å². The second kappa shape index (κ2) is 3.98. The minimum atomic E-state index is -0.474. The lowest BCUT2D eigenvalue weighted by molar-refractivity contribution is -0.384. The fraction of sp³-hybridized carbons (Fsp3) is 0.200. The Labute approximate surface area is 90.9 Å². The normalized spacial score (nSPS) is 18.4. The summed E-state index contributed by atoms with van der Waals surface area (Å²) in [7, 11) is 0. The van der Waals surface area contributed by atoms with Gasteiger partial charge in [-0.1, -0.05) is 5.16 Å². The van der Waals surface area contributed by atoms with Crippen LogP contribution >= 0.6 is 0 Å². The molecule has 0 amide bonds. The molecule has 1 aromatic carbocycles. The van der Waals surface area contributed by atoms with Crippen molar-refractivity contribution in [2.75, 3.05) is 6.61 Å². The number of rotatable bonds is 2. The van der Waals surface area contributed by atoms with Crippen molar-refractivity contribution in [2.45, 2.75) is 0 Å². The van der Waals surface area contributed by atoms with Crippen LogP contribution in [0.4, 0.5) is 5.69 Å². The minimum Gasteiger partial charge on any atom is -0.394 e. The maximum Gasteiger partial charge on any atom is 0.269 e. The SMILES string of the molecule is N#CC1CON=C1c1ccc([N+](=O)[O-])cc1. The van der Waals surface area contributed by atoms with Gasteiger partial charge in [0.05, 0.1) is 11.0 Å². The molecule has 0 aliphatic carbocycles. The Hall–Kier alpha value is -2.42. The average molecular weight is 217 g/mol. The van der Waals surface area contributed by atoms with Gasteiger partial charge in [-0.2, -0.15) is 5.26 Å². The van der Waals surface area contributed by atoms with E-state index in [1.165, 1.54) is 12.1 Å². The lowest BCUT2D eigenvalue weighted by Gasteiger charge is -2.01. The molecule has 1 aliphatic heterocycles. The molecule has 0 N–H and O–H groups in total. The first-order valence-electron chi connectivity index (χ1n) is 4.56. The number of non-ortho nitro benzene ring substituents is 1. The highest BCUT2D eigenvalue weighted by atomic mass is 16.6. The highest BCUT2D eigenvalue weighted by Crippen LogP contribution is 2.19. The van der Waals surface area contributed by atoms with Gasteiger partial charge in [0.15, 0.2) is 0 Å². The molecule has 0 spiro atoms. The molecule has 0 saturated carbocycles. The Kier molecular flexibility index (Phi) is 2.52. The smallest absolute Gasteiger partial charge is 0.269 e. The summed E-state index contributed by atoms with van der Waals surface area (Å²) in [6.45, 7) is 0.239. The Balaban J connectivity index is 2.29. The first kappa shape index (κ1) is 10.1. The number of hydrogen-bond acceptors (Lipinski definition) is 5. The van der Waals surface area contributed by atoms with E-state index >= 15 is 0 Å².